The van der Waals surface area contributed by atoms with E-state index in [1.165, 1.54) is 23.3 Å². The van der Waals surface area contributed by atoms with Gasteiger partial charge >= 0.3 is 0 Å². The topological polar surface area (TPSA) is 38.0 Å². The van der Waals surface area contributed by atoms with Crippen molar-refractivity contribution in [3.63, 3.8) is 0 Å². The van der Waals surface area contributed by atoms with Gasteiger partial charge in [-0.1, -0.05) is 12.5 Å². The largest absolute Gasteiger partial charge is 0.388 e. The highest BCUT2D eigenvalue weighted by atomic mass is 32.1. The van der Waals surface area contributed by atoms with E-state index in [4.69, 9.17) is 0 Å². The molecular weight excluding hydrogens is 359 g/mol. The third-order valence-corrected chi connectivity index (χ3v) is 7.07. The van der Waals surface area contributed by atoms with Gasteiger partial charge in [-0.2, -0.15) is 16.4 Å². The molecule has 3 atom stereocenters. The van der Waals surface area contributed by atoms with Crippen LogP contribution in [0.25, 0.3) is 11.8 Å². The Balaban J connectivity index is 1.52. The van der Waals surface area contributed by atoms with Crippen molar-refractivity contribution in [2.45, 2.75) is 32.3 Å². The number of allylic oxidation sites excluding steroid dienone is 1. The predicted octanol–water partition coefficient (Wildman–Crippen LogP) is 5.16. The van der Waals surface area contributed by atoms with Crippen LogP contribution in [-0.4, -0.2) is 14.9 Å². The number of aromatic nitrogens is 2. The Morgan fingerprint density at radius 3 is 2.85 bits per heavy atom. The molecule has 0 aliphatic heterocycles. The van der Waals surface area contributed by atoms with Gasteiger partial charge in [0.1, 0.15) is 5.82 Å². The maximum Gasteiger partial charge on any atom is 0.123 e. The number of benzene rings is 1. The van der Waals surface area contributed by atoms with E-state index in [0.29, 0.717) is 0 Å². The number of thiophene rings is 1. The maximum atomic E-state index is 13.3. The van der Waals surface area contributed by atoms with Gasteiger partial charge in [0.2, 0.25) is 0 Å². The van der Waals surface area contributed by atoms with Gasteiger partial charge in [0, 0.05) is 0 Å². The molecule has 0 radical (unpaired) electrons. The monoisotopic (exact) mass is 380 g/mol. The number of hydrogen-bond acceptors (Lipinski definition) is 3. The Labute approximate surface area is 161 Å². The SMILES string of the molecule is C[C@]12Cc3cnn(-c4ccc(F)cc4)c3C=C1CC[C@@H]2[C@@H](O)c1ccsc1. The van der Waals surface area contributed by atoms with Crippen LogP contribution < -0.4 is 0 Å². The molecule has 2 aromatic heterocycles. The van der Waals surface area contributed by atoms with Crippen molar-refractivity contribution in [1.82, 2.24) is 9.78 Å². The molecule has 0 spiro atoms. The predicted molar refractivity (Wildman–Crippen MR) is 105 cm³/mol. The lowest BCUT2D eigenvalue weighted by molar-refractivity contribution is 0.0559. The van der Waals surface area contributed by atoms with Gasteiger partial charge in [-0.05, 0) is 88.9 Å². The minimum atomic E-state index is -0.430. The zero-order valence-corrected chi connectivity index (χ0v) is 15.9. The lowest BCUT2D eigenvalue weighted by Crippen LogP contribution is -2.32. The molecule has 1 aromatic carbocycles. The van der Waals surface area contributed by atoms with Gasteiger partial charge in [0.25, 0.3) is 0 Å². The summed E-state index contributed by atoms with van der Waals surface area (Å²) < 4.78 is 15.2. The van der Waals surface area contributed by atoms with Crippen molar-refractivity contribution in [1.29, 1.82) is 0 Å². The average molecular weight is 380 g/mol. The quantitative estimate of drug-likeness (QED) is 0.681. The van der Waals surface area contributed by atoms with Crippen LogP contribution in [0.5, 0.6) is 0 Å². The van der Waals surface area contributed by atoms with Crippen LogP contribution >= 0.6 is 11.3 Å². The van der Waals surface area contributed by atoms with Gasteiger partial charge in [0.15, 0.2) is 0 Å². The van der Waals surface area contributed by atoms with Crippen molar-refractivity contribution in [2.75, 3.05) is 0 Å². The van der Waals surface area contributed by atoms with E-state index in [-0.39, 0.29) is 17.2 Å². The molecule has 0 bridgehead atoms. The van der Waals surface area contributed by atoms with Crippen molar-refractivity contribution < 1.29 is 9.50 Å². The molecule has 1 saturated carbocycles. The Hall–Kier alpha value is -2.24. The van der Waals surface area contributed by atoms with Gasteiger partial charge in [-0.3, -0.25) is 0 Å². The Morgan fingerprint density at radius 1 is 1.30 bits per heavy atom. The van der Waals surface area contributed by atoms with Crippen LogP contribution in [0.3, 0.4) is 0 Å². The van der Waals surface area contributed by atoms with Crippen molar-refractivity contribution in [3.05, 3.63) is 75.5 Å². The number of halogens is 1. The molecular formula is C22H21FN2OS. The fraction of sp³-hybridized carbons (Fsp3) is 0.318. The molecule has 3 aromatic rings. The first-order chi connectivity index (χ1) is 13.1. The highest BCUT2D eigenvalue weighted by Crippen LogP contribution is 2.56. The summed E-state index contributed by atoms with van der Waals surface area (Å²) in [5, 5.41) is 19.6. The van der Waals surface area contributed by atoms with E-state index in [0.717, 1.165) is 36.2 Å². The molecule has 1 N–H and O–H groups in total. The summed E-state index contributed by atoms with van der Waals surface area (Å²) in [6.45, 7) is 2.28. The average Bonchev–Trinajstić information content (AvgIpc) is 3.38. The van der Waals surface area contributed by atoms with Crippen LogP contribution in [-0.2, 0) is 6.42 Å². The summed E-state index contributed by atoms with van der Waals surface area (Å²) in [5.41, 5.74) is 5.50. The summed E-state index contributed by atoms with van der Waals surface area (Å²) in [5.74, 6) is -0.0348. The van der Waals surface area contributed by atoms with E-state index in [1.807, 2.05) is 22.3 Å². The summed E-state index contributed by atoms with van der Waals surface area (Å²) in [6, 6.07) is 8.47. The fourth-order valence-corrected chi connectivity index (χ4v) is 5.54. The summed E-state index contributed by atoms with van der Waals surface area (Å²) >= 11 is 1.63. The second kappa shape index (κ2) is 6.14. The van der Waals surface area contributed by atoms with Crippen LogP contribution in [0.4, 0.5) is 4.39 Å². The fourth-order valence-electron chi connectivity index (χ4n) is 4.85. The third-order valence-electron chi connectivity index (χ3n) is 6.37. The first-order valence-electron chi connectivity index (χ1n) is 9.30. The lowest BCUT2D eigenvalue weighted by Gasteiger charge is -2.38. The molecule has 1 fully saturated rings. The van der Waals surface area contributed by atoms with Crippen LogP contribution in [0.1, 0.15) is 42.7 Å². The van der Waals surface area contributed by atoms with Gasteiger partial charge < -0.3 is 5.11 Å². The molecule has 3 nitrogen and oxygen atoms in total. The summed E-state index contributed by atoms with van der Waals surface area (Å²) in [4.78, 5) is 0. The number of nitrogens with zero attached hydrogens (tertiary/aromatic N) is 2. The van der Waals surface area contributed by atoms with E-state index >= 15 is 0 Å². The van der Waals surface area contributed by atoms with E-state index in [2.05, 4.69) is 23.5 Å². The molecule has 27 heavy (non-hydrogen) atoms. The summed E-state index contributed by atoms with van der Waals surface area (Å²) in [6.07, 6.45) is 6.60. The zero-order valence-electron chi connectivity index (χ0n) is 15.1. The van der Waals surface area contributed by atoms with Crippen LogP contribution in [0, 0.1) is 17.2 Å². The molecule has 2 heterocycles. The minimum Gasteiger partial charge on any atom is -0.388 e. The lowest BCUT2D eigenvalue weighted by atomic mass is 9.67. The van der Waals surface area contributed by atoms with Gasteiger partial charge in [-0.25, -0.2) is 9.07 Å². The molecule has 5 rings (SSSR count). The van der Waals surface area contributed by atoms with Crippen molar-refractivity contribution >= 4 is 17.4 Å². The van der Waals surface area contributed by atoms with E-state index in [1.54, 1.807) is 23.5 Å². The molecule has 0 amide bonds. The number of aliphatic hydroxyl groups is 1. The Bertz CT molecular complexity index is 1010. The number of hydrogen-bond donors (Lipinski definition) is 1. The first-order valence-corrected chi connectivity index (χ1v) is 10.2. The first kappa shape index (κ1) is 16.9. The van der Waals surface area contributed by atoms with Crippen LogP contribution in [0.15, 0.2) is 52.9 Å². The molecule has 0 unspecified atom stereocenters. The number of aliphatic hydroxyl groups excluding tert-OH is 1. The second-order valence-corrected chi connectivity index (χ2v) is 8.63. The van der Waals surface area contributed by atoms with Crippen molar-refractivity contribution in [2.24, 2.45) is 11.3 Å². The normalized spacial score (nSPS) is 25.0. The number of fused-ring (bicyclic) bond motifs is 2. The van der Waals surface area contributed by atoms with Gasteiger partial charge in [-0.15, -0.1) is 0 Å². The molecule has 138 valence electrons. The van der Waals surface area contributed by atoms with E-state index < -0.39 is 6.10 Å². The molecule has 2 aliphatic carbocycles. The van der Waals surface area contributed by atoms with Crippen molar-refractivity contribution in [3.8, 4) is 5.69 Å². The van der Waals surface area contributed by atoms with E-state index in [9.17, 15) is 9.50 Å². The standard InChI is InChI=1S/C22H21FN2OS/c1-22-11-15-12-24-25(18-5-3-17(23)4-6-18)20(15)10-16(22)2-7-19(22)21(26)14-8-9-27-13-14/h3-6,8-10,12-13,19,21,26H,2,7,11H2,1H3/t19-,21+,22+/m1/s1. The van der Waals surface area contributed by atoms with Crippen LogP contribution in [0.2, 0.25) is 0 Å². The second-order valence-electron chi connectivity index (χ2n) is 7.85. The van der Waals surface area contributed by atoms with Gasteiger partial charge in [0.05, 0.1) is 23.7 Å². The number of rotatable bonds is 3. The smallest absolute Gasteiger partial charge is 0.123 e. The summed E-state index contributed by atoms with van der Waals surface area (Å²) in [7, 11) is 0. The Kier molecular flexibility index (Phi) is 3.85. The highest BCUT2D eigenvalue weighted by molar-refractivity contribution is 7.07. The minimum absolute atomic E-state index is 0.0506. The maximum absolute atomic E-state index is 13.3. The molecule has 2 aliphatic rings. The third kappa shape index (κ3) is 2.60. The zero-order chi connectivity index (χ0) is 18.6. The molecule has 5 heteroatoms. The Morgan fingerprint density at radius 2 is 2.11 bits per heavy atom. The molecule has 0 saturated heterocycles. The highest BCUT2D eigenvalue weighted by Gasteiger charge is 2.48.